The van der Waals surface area contributed by atoms with Crippen LogP contribution in [-0.2, 0) is 12.5 Å². The van der Waals surface area contributed by atoms with Gasteiger partial charge in [0.05, 0.1) is 0 Å². The molecule has 7 heteroatoms. The third-order valence-electron chi connectivity index (χ3n) is 4.13. The molecule has 0 unspecified atom stereocenters. The van der Waals surface area contributed by atoms with Gasteiger partial charge in [-0.25, -0.2) is 17.6 Å². The van der Waals surface area contributed by atoms with Crippen LogP contribution in [0.1, 0.15) is 17.5 Å². The molecule has 28 heavy (non-hydrogen) atoms. The number of benzene rings is 3. The number of rotatable bonds is 6. The Morgan fingerprint density at radius 1 is 0.821 bits per heavy atom. The highest BCUT2D eigenvalue weighted by atomic mass is 19.3. The summed E-state index contributed by atoms with van der Waals surface area (Å²) in [7, 11) is 0. The molecule has 3 rings (SSSR count). The molecule has 1 nitrogen and oxygen atoms in total. The number of hydrogen-bond acceptors (Lipinski definition) is 1. The van der Waals surface area contributed by atoms with E-state index >= 15 is 0 Å². The summed E-state index contributed by atoms with van der Waals surface area (Å²) in [6.07, 6.45) is -2.11. The largest absolute Gasteiger partial charge is 0.432 e. The average Bonchev–Trinajstić information content (AvgIpc) is 2.60. The van der Waals surface area contributed by atoms with Gasteiger partial charge >= 0.3 is 6.11 Å². The van der Waals surface area contributed by atoms with Gasteiger partial charge in [0, 0.05) is 0 Å². The molecule has 0 fully saturated rings. The summed E-state index contributed by atoms with van der Waals surface area (Å²) in [5.74, 6) is -5.61. The quantitative estimate of drug-likeness (QED) is 0.335. The summed E-state index contributed by atoms with van der Waals surface area (Å²) in [5.41, 5.74) is -1.32. The SMILES string of the molecule is C=CCCc1cc(F)c(C(F)(F)Oc2ccc3cc(F)c(F)cc3c2)c(F)c1. The van der Waals surface area contributed by atoms with Crippen LogP contribution in [0.3, 0.4) is 0 Å². The minimum Gasteiger partial charge on any atom is -0.429 e. The summed E-state index contributed by atoms with van der Waals surface area (Å²) in [6, 6.07) is 6.67. The van der Waals surface area contributed by atoms with Gasteiger partial charge in [0.25, 0.3) is 0 Å². The van der Waals surface area contributed by atoms with Crippen LogP contribution in [0.15, 0.2) is 55.1 Å². The van der Waals surface area contributed by atoms with Gasteiger partial charge in [-0.3, -0.25) is 0 Å². The Hall–Kier alpha value is -2.96. The number of hydrogen-bond donors (Lipinski definition) is 0. The zero-order chi connectivity index (χ0) is 20.5. The zero-order valence-electron chi connectivity index (χ0n) is 14.4. The second-order valence-electron chi connectivity index (χ2n) is 6.16. The predicted octanol–water partition coefficient (Wildman–Crippen LogP) is 6.64. The molecule has 0 spiro atoms. The molecular formula is C21H14F6O. The highest BCUT2D eigenvalue weighted by Crippen LogP contribution is 2.36. The molecule has 146 valence electrons. The number of alkyl halides is 2. The van der Waals surface area contributed by atoms with Crippen molar-refractivity contribution in [3.63, 3.8) is 0 Å². The van der Waals surface area contributed by atoms with Crippen molar-refractivity contribution in [1.82, 2.24) is 0 Å². The number of halogens is 6. The molecule has 0 saturated heterocycles. The van der Waals surface area contributed by atoms with Gasteiger partial charge in [0.2, 0.25) is 0 Å². The molecule has 0 aliphatic heterocycles. The van der Waals surface area contributed by atoms with Crippen molar-refractivity contribution in [1.29, 1.82) is 0 Å². The van der Waals surface area contributed by atoms with Gasteiger partial charge < -0.3 is 4.74 Å². The minimum absolute atomic E-state index is 0.0907. The van der Waals surface area contributed by atoms with E-state index in [2.05, 4.69) is 11.3 Å². The number of allylic oxidation sites excluding steroid dienone is 1. The van der Waals surface area contributed by atoms with E-state index in [9.17, 15) is 26.3 Å². The Morgan fingerprint density at radius 2 is 1.43 bits per heavy atom. The Bertz CT molecular complexity index is 1020. The maximum atomic E-state index is 14.4. The summed E-state index contributed by atoms with van der Waals surface area (Å²) in [6.45, 7) is 3.48. The molecule has 0 atom stereocenters. The van der Waals surface area contributed by atoms with Crippen molar-refractivity contribution in [3.05, 3.63) is 89.5 Å². The van der Waals surface area contributed by atoms with Gasteiger partial charge in [-0.05, 0) is 65.6 Å². The van der Waals surface area contributed by atoms with Crippen LogP contribution in [0, 0.1) is 23.3 Å². The molecule has 0 aliphatic rings. The molecule has 0 saturated carbocycles. The third kappa shape index (κ3) is 3.98. The van der Waals surface area contributed by atoms with Crippen LogP contribution in [0.25, 0.3) is 10.8 Å². The molecule has 0 radical (unpaired) electrons. The van der Waals surface area contributed by atoms with E-state index in [0.717, 1.165) is 36.4 Å². The van der Waals surface area contributed by atoms with Crippen LogP contribution in [-0.4, -0.2) is 0 Å². The summed E-state index contributed by atoms with van der Waals surface area (Å²) < 4.78 is 88.3. The van der Waals surface area contributed by atoms with E-state index in [-0.39, 0.29) is 22.8 Å². The summed E-state index contributed by atoms with van der Waals surface area (Å²) in [5, 5.41) is 0.339. The molecule has 0 heterocycles. The van der Waals surface area contributed by atoms with Gasteiger partial charge in [0.15, 0.2) is 11.6 Å². The lowest BCUT2D eigenvalue weighted by Crippen LogP contribution is -2.25. The van der Waals surface area contributed by atoms with E-state index in [1.54, 1.807) is 0 Å². The van der Waals surface area contributed by atoms with Gasteiger partial charge in [-0.1, -0.05) is 12.1 Å². The summed E-state index contributed by atoms with van der Waals surface area (Å²) in [4.78, 5) is 0. The minimum atomic E-state index is -4.32. The molecule has 0 aliphatic carbocycles. The normalized spacial score (nSPS) is 11.6. The Balaban J connectivity index is 1.94. The zero-order valence-corrected chi connectivity index (χ0v) is 14.4. The maximum Gasteiger partial charge on any atom is 0.432 e. The molecule has 3 aromatic rings. The molecule has 0 N–H and O–H groups in total. The Labute approximate surface area is 156 Å². The predicted molar refractivity (Wildman–Crippen MR) is 93.3 cm³/mol. The van der Waals surface area contributed by atoms with E-state index in [4.69, 9.17) is 0 Å². The molecular weight excluding hydrogens is 382 g/mol. The van der Waals surface area contributed by atoms with E-state index in [0.29, 0.717) is 6.42 Å². The fourth-order valence-corrected chi connectivity index (χ4v) is 2.80. The van der Waals surface area contributed by atoms with Gasteiger partial charge in [-0.15, -0.1) is 6.58 Å². The van der Waals surface area contributed by atoms with Gasteiger partial charge in [-0.2, -0.15) is 8.78 Å². The second kappa shape index (κ2) is 7.58. The second-order valence-corrected chi connectivity index (χ2v) is 6.16. The maximum absolute atomic E-state index is 14.4. The van der Waals surface area contributed by atoms with Crippen LogP contribution >= 0.6 is 0 Å². The van der Waals surface area contributed by atoms with Crippen molar-refractivity contribution in [2.24, 2.45) is 0 Å². The first-order valence-electron chi connectivity index (χ1n) is 8.26. The first-order chi connectivity index (χ1) is 13.2. The van der Waals surface area contributed by atoms with E-state index < -0.39 is 40.7 Å². The standard InChI is InChI=1S/C21H14F6O/c1-2-3-4-12-7-18(24)20(19(25)8-12)21(26,27)28-15-6-5-13-10-16(22)17(23)11-14(13)9-15/h2,5-11H,1,3-4H2. The van der Waals surface area contributed by atoms with Crippen LogP contribution in [0.2, 0.25) is 0 Å². The smallest absolute Gasteiger partial charge is 0.429 e. The monoisotopic (exact) mass is 396 g/mol. The Morgan fingerprint density at radius 3 is 2.04 bits per heavy atom. The molecule has 0 amide bonds. The van der Waals surface area contributed by atoms with Crippen molar-refractivity contribution in [3.8, 4) is 5.75 Å². The van der Waals surface area contributed by atoms with Crippen LogP contribution in [0.5, 0.6) is 5.75 Å². The first-order valence-corrected chi connectivity index (χ1v) is 8.26. The van der Waals surface area contributed by atoms with Crippen molar-refractivity contribution >= 4 is 10.8 Å². The van der Waals surface area contributed by atoms with Gasteiger partial charge in [0.1, 0.15) is 22.9 Å². The third-order valence-corrected chi connectivity index (χ3v) is 4.13. The lowest BCUT2D eigenvalue weighted by molar-refractivity contribution is -0.189. The molecule has 3 aromatic carbocycles. The molecule has 0 aromatic heterocycles. The summed E-state index contributed by atoms with van der Waals surface area (Å²) >= 11 is 0. The number of fused-ring (bicyclic) bond motifs is 1. The fraction of sp³-hybridized carbons (Fsp3) is 0.143. The van der Waals surface area contributed by atoms with Crippen molar-refractivity contribution in [2.45, 2.75) is 19.0 Å². The molecule has 0 bridgehead atoms. The van der Waals surface area contributed by atoms with Crippen LogP contribution < -0.4 is 4.74 Å². The Kier molecular flexibility index (Phi) is 5.36. The number of ether oxygens (including phenoxy) is 1. The van der Waals surface area contributed by atoms with Crippen molar-refractivity contribution < 1.29 is 31.1 Å². The van der Waals surface area contributed by atoms with Crippen LogP contribution in [0.4, 0.5) is 26.3 Å². The van der Waals surface area contributed by atoms with E-state index in [1.165, 1.54) is 12.1 Å². The first kappa shape index (κ1) is 19.8. The van der Waals surface area contributed by atoms with E-state index in [1.807, 2.05) is 0 Å². The highest BCUT2D eigenvalue weighted by Gasteiger charge is 2.41. The highest BCUT2D eigenvalue weighted by molar-refractivity contribution is 5.84. The van der Waals surface area contributed by atoms with Crippen molar-refractivity contribution in [2.75, 3.05) is 0 Å². The lowest BCUT2D eigenvalue weighted by atomic mass is 10.1. The average molecular weight is 396 g/mol. The number of aryl methyl sites for hydroxylation is 1. The lowest BCUT2D eigenvalue weighted by Gasteiger charge is -2.20. The fourth-order valence-electron chi connectivity index (χ4n) is 2.80. The topological polar surface area (TPSA) is 9.23 Å².